The van der Waals surface area contributed by atoms with Crippen molar-refractivity contribution in [3.8, 4) is 5.75 Å². The Morgan fingerprint density at radius 1 is 1.52 bits per heavy atom. The number of amides is 2. The molecular formula is C16H23N3O2. The van der Waals surface area contributed by atoms with Crippen molar-refractivity contribution in [2.75, 3.05) is 13.1 Å². The van der Waals surface area contributed by atoms with Crippen LogP contribution in [0.4, 0.5) is 4.79 Å². The van der Waals surface area contributed by atoms with E-state index in [1.807, 2.05) is 17.0 Å². The lowest BCUT2D eigenvalue weighted by Crippen LogP contribution is -2.46. The van der Waals surface area contributed by atoms with Gasteiger partial charge in [-0.3, -0.25) is 4.98 Å². The van der Waals surface area contributed by atoms with Crippen molar-refractivity contribution < 1.29 is 9.53 Å². The number of pyridine rings is 1. The van der Waals surface area contributed by atoms with Gasteiger partial charge in [0.25, 0.3) is 0 Å². The van der Waals surface area contributed by atoms with Gasteiger partial charge in [-0.05, 0) is 31.4 Å². The molecule has 1 saturated heterocycles. The van der Waals surface area contributed by atoms with Crippen LogP contribution in [0.5, 0.6) is 5.75 Å². The Balaban J connectivity index is 1.60. The summed E-state index contributed by atoms with van der Waals surface area (Å²) in [6.07, 6.45) is 7.91. The highest BCUT2D eigenvalue weighted by Gasteiger charge is 2.50. The quantitative estimate of drug-likeness (QED) is 0.847. The predicted octanol–water partition coefficient (Wildman–Crippen LogP) is 2.43. The zero-order valence-corrected chi connectivity index (χ0v) is 12.5. The topological polar surface area (TPSA) is 54.5 Å². The Bertz CT molecular complexity index is 480. The van der Waals surface area contributed by atoms with Crippen LogP contribution >= 0.6 is 0 Å². The van der Waals surface area contributed by atoms with E-state index >= 15 is 0 Å². The minimum absolute atomic E-state index is 0.0652. The lowest BCUT2D eigenvalue weighted by Gasteiger charge is -2.27. The van der Waals surface area contributed by atoms with Crippen LogP contribution in [-0.2, 0) is 0 Å². The fourth-order valence-electron chi connectivity index (χ4n) is 3.40. The number of rotatable bonds is 5. The Kier molecular flexibility index (Phi) is 4.27. The normalized spacial score (nSPS) is 26.9. The summed E-state index contributed by atoms with van der Waals surface area (Å²) >= 11 is 0. The van der Waals surface area contributed by atoms with Gasteiger partial charge in [-0.1, -0.05) is 13.3 Å². The summed E-state index contributed by atoms with van der Waals surface area (Å²) in [5.74, 6) is 1.25. The summed E-state index contributed by atoms with van der Waals surface area (Å²) < 4.78 is 6.08. The van der Waals surface area contributed by atoms with Gasteiger partial charge in [0.1, 0.15) is 11.9 Å². The van der Waals surface area contributed by atoms with E-state index in [-0.39, 0.29) is 18.2 Å². The van der Waals surface area contributed by atoms with E-state index in [2.05, 4.69) is 17.2 Å². The minimum Gasteiger partial charge on any atom is -0.486 e. The number of urea groups is 1. The van der Waals surface area contributed by atoms with Crippen LogP contribution in [0, 0.1) is 5.92 Å². The second-order valence-electron chi connectivity index (χ2n) is 5.91. The van der Waals surface area contributed by atoms with Crippen LogP contribution < -0.4 is 10.1 Å². The second kappa shape index (κ2) is 6.33. The number of carbonyl (C=O) groups excluding carboxylic acids is 1. The molecule has 1 aromatic rings. The number of aromatic nitrogens is 1. The maximum Gasteiger partial charge on any atom is 0.317 e. The van der Waals surface area contributed by atoms with Gasteiger partial charge in [-0.2, -0.15) is 0 Å². The number of nitrogens with zero attached hydrogens (tertiary/aromatic N) is 2. The SMILES string of the molecule is CCCCNC(=O)N1C[C@H]2CC[C@H]1[C@H]2Oc1cccnc1. The first-order valence-corrected chi connectivity index (χ1v) is 7.90. The number of carbonyl (C=O) groups is 1. The zero-order valence-electron chi connectivity index (χ0n) is 12.5. The molecule has 21 heavy (non-hydrogen) atoms. The summed E-state index contributed by atoms with van der Waals surface area (Å²) in [5, 5.41) is 3.01. The van der Waals surface area contributed by atoms with Crippen LogP contribution in [0.2, 0.25) is 0 Å². The van der Waals surface area contributed by atoms with Crippen molar-refractivity contribution >= 4 is 6.03 Å². The molecule has 5 heteroatoms. The Morgan fingerprint density at radius 3 is 3.19 bits per heavy atom. The van der Waals surface area contributed by atoms with E-state index in [1.165, 1.54) is 0 Å². The molecule has 1 aliphatic carbocycles. The Hall–Kier alpha value is -1.78. The first-order chi connectivity index (χ1) is 10.3. The molecule has 2 amide bonds. The Labute approximate surface area is 125 Å². The molecule has 3 atom stereocenters. The molecule has 0 unspecified atom stereocenters. The molecule has 2 bridgehead atoms. The van der Waals surface area contributed by atoms with Gasteiger partial charge in [0.15, 0.2) is 0 Å². The van der Waals surface area contributed by atoms with Crippen molar-refractivity contribution in [3.63, 3.8) is 0 Å². The molecule has 1 aromatic heterocycles. The van der Waals surface area contributed by atoms with Gasteiger partial charge in [0.2, 0.25) is 0 Å². The van der Waals surface area contributed by atoms with Gasteiger partial charge in [-0.25, -0.2) is 4.79 Å². The molecule has 0 aromatic carbocycles. The summed E-state index contributed by atoms with van der Waals surface area (Å²) in [4.78, 5) is 18.3. The maximum absolute atomic E-state index is 12.3. The monoisotopic (exact) mass is 289 g/mol. The highest BCUT2D eigenvalue weighted by atomic mass is 16.5. The summed E-state index contributed by atoms with van der Waals surface area (Å²) in [6, 6.07) is 4.07. The van der Waals surface area contributed by atoms with E-state index in [4.69, 9.17) is 4.74 Å². The first kappa shape index (κ1) is 14.2. The van der Waals surface area contributed by atoms with Crippen molar-refractivity contribution in [1.82, 2.24) is 15.2 Å². The average Bonchev–Trinajstić information content (AvgIpc) is 3.05. The number of hydrogen-bond acceptors (Lipinski definition) is 3. The molecule has 1 aliphatic heterocycles. The molecule has 2 fully saturated rings. The van der Waals surface area contributed by atoms with Crippen molar-refractivity contribution in [2.24, 2.45) is 5.92 Å². The molecule has 114 valence electrons. The number of fused-ring (bicyclic) bond motifs is 2. The van der Waals surface area contributed by atoms with Crippen LogP contribution in [0.1, 0.15) is 32.6 Å². The van der Waals surface area contributed by atoms with E-state index < -0.39 is 0 Å². The van der Waals surface area contributed by atoms with Crippen LogP contribution in [0.25, 0.3) is 0 Å². The standard InChI is InChI=1S/C16H23N3O2/c1-2-3-9-18-16(20)19-11-12-6-7-14(19)15(12)21-13-5-4-8-17-10-13/h4-5,8,10,12,14-15H,2-3,6-7,9,11H2,1H3,(H,18,20)/t12-,14+,15+/m1/s1. The molecule has 0 spiro atoms. The predicted molar refractivity (Wildman–Crippen MR) is 80.2 cm³/mol. The number of piperidine rings is 1. The molecule has 0 radical (unpaired) electrons. The third-order valence-electron chi connectivity index (χ3n) is 4.48. The third kappa shape index (κ3) is 2.96. The Morgan fingerprint density at radius 2 is 2.43 bits per heavy atom. The molecular weight excluding hydrogens is 266 g/mol. The fourth-order valence-corrected chi connectivity index (χ4v) is 3.40. The van der Waals surface area contributed by atoms with E-state index in [0.29, 0.717) is 5.92 Å². The first-order valence-electron chi connectivity index (χ1n) is 7.90. The molecule has 5 nitrogen and oxygen atoms in total. The van der Waals surface area contributed by atoms with Crippen molar-refractivity contribution in [1.29, 1.82) is 0 Å². The van der Waals surface area contributed by atoms with Crippen molar-refractivity contribution in [3.05, 3.63) is 24.5 Å². The summed E-state index contributed by atoms with van der Waals surface area (Å²) in [5.41, 5.74) is 0. The van der Waals surface area contributed by atoms with Crippen LogP contribution in [-0.4, -0.2) is 41.2 Å². The van der Waals surface area contributed by atoms with Gasteiger partial charge < -0.3 is 15.0 Å². The summed E-state index contributed by atoms with van der Waals surface area (Å²) in [7, 11) is 0. The minimum atomic E-state index is 0.0652. The molecule has 1 saturated carbocycles. The fraction of sp³-hybridized carbons (Fsp3) is 0.625. The van der Waals surface area contributed by atoms with Gasteiger partial charge in [-0.15, -0.1) is 0 Å². The number of nitrogens with one attached hydrogen (secondary N) is 1. The molecule has 3 rings (SSSR count). The van der Waals surface area contributed by atoms with Gasteiger partial charge in [0.05, 0.1) is 12.2 Å². The highest BCUT2D eigenvalue weighted by molar-refractivity contribution is 5.75. The highest BCUT2D eigenvalue weighted by Crippen LogP contribution is 2.40. The second-order valence-corrected chi connectivity index (χ2v) is 5.91. The number of hydrogen-bond donors (Lipinski definition) is 1. The number of likely N-dealkylation sites (tertiary alicyclic amines) is 1. The van der Waals surface area contributed by atoms with Gasteiger partial charge >= 0.3 is 6.03 Å². The van der Waals surface area contributed by atoms with E-state index in [0.717, 1.165) is 44.5 Å². The van der Waals surface area contributed by atoms with Crippen LogP contribution in [0.15, 0.2) is 24.5 Å². The number of ether oxygens (including phenoxy) is 1. The maximum atomic E-state index is 12.3. The van der Waals surface area contributed by atoms with Gasteiger partial charge in [0, 0.05) is 25.2 Å². The lowest BCUT2D eigenvalue weighted by molar-refractivity contribution is 0.147. The van der Waals surface area contributed by atoms with Crippen molar-refractivity contribution in [2.45, 2.75) is 44.8 Å². The molecule has 2 heterocycles. The largest absolute Gasteiger partial charge is 0.486 e. The molecule has 1 N–H and O–H groups in total. The summed E-state index contributed by atoms with van der Waals surface area (Å²) in [6.45, 7) is 3.70. The smallest absolute Gasteiger partial charge is 0.317 e. The average molecular weight is 289 g/mol. The number of unbranched alkanes of at least 4 members (excludes halogenated alkanes) is 1. The third-order valence-corrected chi connectivity index (χ3v) is 4.48. The lowest BCUT2D eigenvalue weighted by atomic mass is 10.1. The molecule has 2 aliphatic rings. The zero-order chi connectivity index (χ0) is 14.7. The van der Waals surface area contributed by atoms with E-state index in [9.17, 15) is 4.79 Å². The van der Waals surface area contributed by atoms with Crippen LogP contribution in [0.3, 0.4) is 0 Å². The van der Waals surface area contributed by atoms with E-state index in [1.54, 1.807) is 12.4 Å².